The molecule has 4 N–H and O–H groups in total. The van der Waals surface area contributed by atoms with Crippen LogP contribution in [0, 0.1) is 0 Å². The Morgan fingerprint density at radius 3 is 2.82 bits per heavy atom. The minimum Gasteiger partial charge on any atom is -0.481 e. The summed E-state index contributed by atoms with van der Waals surface area (Å²) in [6, 6.07) is 11.7. The molecule has 3 heterocycles. The Morgan fingerprint density at radius 1 is 1.24 bits per heavy atom. The minimum absolute atomic E-state index is 0.142. The van der Waals surface area contributed by atoms with Gasteiger partial charge in [0.25, 0.3) is 17.4 Å². The number of H-pyrrole nitrogens is 1. The van der Waals surface area contributed by atoms with E-state index in [1.807, 2.05) is 0 Å². The average Bonchev–Trinajstić information content (AvgIpc) is 3.45. The molecule has 0 fully saturated rings. The lowest BCUT2D eigenvalue weighted by Crippen LogP contribution is -2.21. The summed E-state index contributed by atoms with van der Waals surface area (Å²) < 4.78 is 7.53. The first-order valence-corrected chi connectivity index (χ1v) is 10.8. The quantitative estimate of drug-likeness (QED) is 0.349. The first kappa shape index (κ1) is 22.2. The normalized spacial score (nSPS) is 10.7. The highest BCUT2D eigenvalue weighted by atomic mass is 35.5. The largest absolute Gasteiger partial charge is 0.481 e. The fourth-order valence-electron chi connectivity index (χ4n) is 2.98. The van der Waals surface area contributed by atoms with Gasteiger partial charge in [0.15, 0.2) is 6.61 Å². The van der Waals surface area contributed by atoms with Crippen LogP contribution < -0.4 is 21.3 Å². The van der Waals surface area contributed by atoms with E-state index in [1.165, 1.54) is 22.2 Å². The van der Waals surface area contributed by atoms with Crippen molar-refractivity contribution in [2.75, 3.05) is 6.61 Å². The summed E-state index contributed by atoms with van der Waals surface area (Å²) in [6.45, 7) is -0.216. The predicted octanol–water partition coefficient (Wildman–Crippen LogP) is 2.13. The van der Waals surface area contributed by atoms with E-state index in [0.29, 0.717) is 31.7 Å². The van der Waals surface area contributed by atoms with Gasteiger partial charge in [-0.15, -0.1) is 16.4 Å². The van der Waals surface area contributed by atoms with Crippen LogP contribution in [0.1, 0.15) is 15.4 Å². The highest BCUT2D eigenvalue weighted by Gasteiger charge is 2.14. The van der Waals surface area contributed by atoms with Crippen LogP contribution >= 0.6 is 22.9 Å². The van der Waals surface area contributed by atoms with E-state index in [1.54, 1.807) is 48.7 Å². The molecule has 0 saturated heterocycles. The third-order valence-corrected chi connectivity index (χ3v) is 5.70. The fraction of sp³-hybridized carbons (Fsp3) is 0.0952. The zero-order valence-electron chi connectivity index (χ0n) is 16.9. The van der Waals surface area contributed by atoms with Crippen LogP contribution in [0.25, 0.3) is 16.8 Å². The second kappa shape index (κ2) is 9.67. The standard InChI is InChI=1S/C21H17ClN6O4S/c22-18-6-5-17(33-18)21(31)25-9-13-10-28(27-26-13)15-4-3-12(8-16(15)32-11-19(23)29)14-2-1-7-24-20(14)30/h1-8,10H,9,11H2,(H2,23,29)(H,24,30)(H,25,31). The third kappa shape index (κ3) is 5.27. The number of nitrogens with two attached hydrogens (primary N) is 1. The van der Waals surface area contributed by atoms with Crippen LogP contribution in [-0.2, 0) is 11.3 Å². The molecular formula is C21H17ClN6O4S. The molecule has 0 aliphatic carbocycles. The van der Waals surface area contributed by atoms with Crippen molar-refractivity contribution >= 4 is 34.8 Å². The van der Waals surface area contributed by atoms with Crippen molar-refractivity contribution < 1.29 is 14.3 Å². The maximum Gasteiger partial charge on any atom is 0.261 e. The molecule has 0 spiro atoms. The van der Waals surface area contributed by atoms with Gasteiger partial charge in [0.1, 0.15) is 17.1 Å². The van der Waals surface area contributed by atoms with Gasteiger partial charge < -0.3 is 20.8 Å². The first-order valence-electron chi connectivity index (χ1n) is 9.59. The molecule has 0 bridgehead atoms. The number of aromatic amines is 1. The van der Waals surface area contributed by atoms with Crippen molar-refractivity contribution in [1.29, 1.82) is 0 Å². The number of aromatic nitrogens is 4. The van der Waals surface area contributed by atoms with Crippen LogP contribution in [0.15, 0.2) is 59.7 Å². The molecule has 12 heteroatoms. The van der Waals surface area contributed by atoms with Gasteiger partial charge >= 0.3 is 0 Å². The number of pyridine rings is 1. The number of hydrogen-bond acceptors (Lipinski definition) is 7. The Labute approximate surface area is 196 Å². The number of rotatable bonds is 8. The van der Waals surface area contributed by atoms with Crippen molar-refractivity contribution in [2.45, 2.75) is 6.54 Å². The lowest BCUT2D eigenvalue weighted by atomic mass is 10.1. The van der Waals surface area contributed by atoms with Gasteiger partial charge in [-0.05, 0) is 42.0 Å². The number of primary amides is 1. The maximum absolute atomic E-state index is 12.2. The lowest BCUT2D eigenvalue weighted by Gasteiger charge is -2.12. The molecular weight excluding hydrogens is 468 g/mol. The molecule has 0 atom stereocenters. The van der Waals surface area contributed by atoms with Gasteiger partial charge in [-0.25, -0.2) is 4.68 Å². The van der Waals surface area contributed by atoms with Gasteiger partial charge in [-0.1, -0.05) is 22.9 Å². The topological polar surface area (TPSA) is 145 Å². The Kier molecular flexibility index (Phi) is 6.52. The number of benzene rings is 1. The summed E-state index contributed by atoms with van der Waals surface area (Å²) in [5.74, 6) is -0.646. The number of hydrogen-bond donors (Lipinski definition) is 3. The average molecular weight is 485 g/mol. The first-order chi connectivity index (χ1) is 15.9. The minimum atomic E-state index is -0.653. The van der Waals surface area contributed by atoms with Crippen LogP contribution in [0.4, 0.5) is 0 Å². The van der Waals surface area contributed by atoms with Gasteiger partial charge in [-0.2, -0.15) is 0 Å². The van der Waals surface area contributed by atoms with Gasteiger partial charge in [0, 0.05) is 11.8 Å². The summed E-state index contributed by atoms with van der Waals surface area (Å²) in [4.78, 5) is 38.7. The van der Waals surface area contributed by atoms with E-state index in [4.69, 9.17) is 22.1 Å². The fourth-order valence-corrected chi connectivity index (χ4v) is 3.94. The second-order valence-corrected chi connectivity index (χ2v) is 8.51. The lowest BCUT2D eigenvalue weighted by molar-refractivity contribution is -0.119. The Morgan fingerprint density at radius 2 is 2.09 bits per heavy atom. The van der Waals surface area contributed by atoms with Crippen LogP contribution in [0.3, 0.4) is 0 Å². The maximum atomic E-state index is 12.2. The number of thiophene rings is 1. The SMILES string of the molecule is NC(=O)COc1cc(-c2ccc[nH]c2=O)ccc1-n1cc(CNC(=O)c2ccc(Cl)s2)nn1. The Hall–Kier alpha value is -3.96. The van der Waals surface area contributed by atoms with Crippen molar-refractivity contribution in [3.05, 3.63) is 80.1 Å². The van der Waals surface area contributed by atoms with Gasteiger partial charge in [0.2, 0.25) is 0 Å². The molecule has 0 aliphatic heterocycles. The number of ether oxygens (including phenoxy) is 1. The highest BCUT2D eigenvalue weighted by Crippen LogP contribution is 2.28. The Balaban J connectivity index is 1.58. The molecule has 0 saturated carbocycles. The highest BCUT2D eigenvalue weighted by molar-refractivity contribution is 7.17. The van der Waals surface area contributed by atoms with E-state index < -0.39 is 5.91 Å². The Bertz CT molecular complexity index is 1380. The van der Waals surface area contributed by atoms with E-state index in [0.717, 1.165) is 0 Å². The molecule has 0 radical (unpaired) electrons. The summed E-state index contributed by atoms with van der Waals surface area (Å²) in [6.07, 6.45) is 3.15. The van der Waals surface area contributed by atoms with Crippen LogP contribution in [0.5, 0.6) is 5.75 Å². The monoisotopic (exact) mass is 484 g/mol. The molecule has 0 unspecified atom stereocenters. The molecule has 10 nitrogen and oxygen atoms in total. The summed E-state index contributed by atoms with van der Waals surface area (Å²) >= 11 is 7.04. The molecule has 2 amide bonds. The number of carbonyl (C=O) groups excluding carboxylic acids is 2. The van der Waals surface area contributed by atoms with Crippen LogP contribution in [-0.4, -0.2) is 38.4 Å². The van der Waals surface area contributed by atoms with Crippen LogP contribution in [0.2, 0.25) is 4.34 Å². The van der Waals surface area contributed by atoms with Crippen molar-refractivity contribution in [3.8, 4) is 22.6 Å². The smallest absolute Gasteiger partial charge is 0.261 e. The van der Waals surface area contributed by atoms with Gasteiger partial charge in [0.05, 0.1) is 22.0 Å². The molecule has 4 rings (SSSR count). The number of halogens is 1. The number of amides is 2. The number of nitrogens with one attached hydrogen (secondary N) is 2. The summed E-state index contributed by atoms with van der Waals surface area (Å²) in [5, 5.41) is 10.9. The molecule has 4 aromatic rings. The number of nitrogens with zero attached hydrogens (tertiary/aromatic N) is 3. The van der Waals surface area contributed by atoms with Crippen molar-refractivity contribution in [2.24, 2.45) is 5.73 Å². The number of carbonyl (C=O) groups is 2. The molecule has 3 aromatic heterocycles. The molecule has 1 aromatic carbocycles. The zero-order chi connectivity index (χ0) is 23.4. The van der Waals surface area contributed by atoms with E-state index in [-0.39, 0.29) is 30.4 Å². The summed E-state index contributed by atoms with van der Waals surface area (Å²) in [7, 11) is 0. The molecule has 33 heavy (non-hydrogen) atoms. The molecule has 0 aliphatic rings. The van der Waals surface area contributed by atoms with Crippen molar-refractivity contribution in [1.82, 2.24) is 25.3 Å². The van der Waals surface area contributed by atoms with E-state index in [2.05, 4.69) is 20.6 Å². The van der Waals surface area contributed by atoms with E-state index in [9.17, 15) is 14.4 Å². The third-order valence-electron chi connectivity index (χ3n) is 4.47. The second-order valence-electron chi connectivity index (χ2n) is 6.79. The predicted molar refractivity (Wildman–Crippen MR) is 123 cm³/mol. The molecule has 168 valence electrons. The van der Waals surface area contributed by atoms with E-state index >= 15 is 0 Å². The summed E-state index contributed by atoms with van der Waals surface area (Å²) in [5.41, 5.74) is 6.95. The van der Waals surface area contributed by atoms with Gasteiger partial charge in [-0.3, -0.25) is 14.4 Å². The van der Waals surface area contributed by atoms with Crippen molar-refractivity contribution in [3.63, 3.8) is 0 Å². The zero-order valence-corrected chi connectivity index (χ0v) is 18.5.